The van der Waals surface area contributed by atoms with Gasteiger partial charge in [0.2, 0.25) is 0 Å². The smallest absolute Gasteiger partial charge is 0.0742 e. The zero-order valence-electron chi connectivity index (χ0n) is 9.44. The molecule has 1 saturated heterocycles. The van der Waals surface area contributed by atoms with Crippen LogP contribution in [0.1, 0.15) is 31.2 Å². The normalized spacial score (nSPS) is 21.4. The minimum Gasteiger partial charge on any atom is -0.313 e. The fourth-order valence-corrected chi connectivity index (χ4v) is 2.41. The first-order valence-corrected chi connectivity index (χ1v) is 6.13. The number of nitrogens with one attached hydrogen (secondary N) is 1. The molecule has 1 aromatic rings. The summed E-state index contributed by atoms with van der Waals surface area (Å²) in [7, 11) is 0. The first kappa shape index (κ1) is 11.5. The number of aliphatic imine (C=N–C) groups is 1. The molecule has 1 N–H and O–H groups in total. The van der Waals surface area contributed by atoms with Gasteiger partial charge in [0.1, 0.15) is 0 Å². The van der Waals surface area contributed by atoms with Crippen LogP contribution in [0.25, 0.3) is 0 Å². The monoisotopic (exact) mass is 232 g/mol. The Morgan fingerprint density at radius 1 is 1.56 bits per heavy atom. The van der Waals surface area contributed by atoms with E-state index in [1.807, 2.05) is 12.1 Å². The molecule has 2 unspecified atom stereocenters. The Labute approximate surface area is 102 Å². The van der Waals surface area contributed by atoms with Crippen LogP contribution in [0.3, 0.4) is 0 Å². The predicted molar refractivity (Wildman–Crippen MR) is 70.6 cm³/mol. The number of hydrogen-bond acceptors (Lipinski definition) is 3. The summed E-state index contributed by atoms with van der Waals surface area (Å²) in [4.78, 5) is 4.02. The van der Waals surface area contributed by atoms with E-state index in [0.29, 0.717) is 12.0 Å². The van der Waals surface area contributed by atoms with Crippen molar-refractivity contribution in [3.8, 4) is 0 Å². The van der Waals surface area contributed by atoms with Crippen molar-refractivity contribution in [2.45, 2.75) is 31.7 Å². The van der Waals surface area contributed by atoms with E-state index in [4.69, 9.17) is 0 Å². The topological polar surface area (TPSA) is 24.4 Å². The maximum atomic E-state index is 4.62. The molecule has 0 spiro atoms. The summed E-state index contributed by atoms with van der Waals surface area (Å²) in [6.45, 7) is 3.41. The van der Waals surface area contributed by atoms with Crippen LogP contribution in [0.5, 0.6) is 0 Å². The van der Waals surface area contributed by atoms with Gasteiger partial charge >= 0.3 is 0 Å². The molecule has 16 heavy (non-hydrogen) atoms. The van der Waals surface area contributed by atoms with Gasteiger partial charge in [0.05, 0.1) is 10.8 Å². The number of hydrogen-bond donors (Lipinski definition) is 1. The van der Waals surface area contributed by atoms with E-state index in [-0.39, 0.29) is 0 Å². The van der Waals surface area contributed by atoms with Crippen LogP contribution in [0.15, 0.2) is 29.3 Å². The van der Waals surface area contributed by atoms with Crippen molar-refractivity contribution < 1.29 is 0 Å². The third-order valence-corrected chi connectivity index (χ3v) is 3.36. The second-order valence-corrected chi connectivity index (χ2v) is 4.47. The second kappa shape index (κ2) is 5.35. The van der Waals surface area contributed by atoms with Crippen LogP contribution in [0.4, 0.5) is 5.69 Å². The lowest BCUT2D eigenvalue weighted by atomic mass is 9.92. The maximum absolute atomic E-state index is 4.62. The van der Waals surface area contributed by atoms with Crippen LogP contribution in [0, 0.1) is 0 Å². The third-order valence-electron chi connectivity index (χ3n) is 3.27. The summed E-state index contributed by atoms with van der Waals surface area (Å²) < 4.78 is 0. The Morgan fingerprint density at radius 3 is 3.12 bits per heavy atom. The summed E-state index contributed by atoms with van der Waals surface area (Å²) >= 11 is 4.62. The Balaban J connectivity index is 2.18. The molecule has 0 aliphatic carbocycles. The van der Waals surface area contributed by atoms with Crippen LogP contribution < -0.4 is 5.32 Å². The van der Waals surface area contributed by atoms with Gasteiger partial charge in [0, 0.05) is 6.04 Å². The highest BCUT2D eigenvalue weighted by Gasteiger charge is 2.21. The van der Waals surface area contributed by atoms with E-state index >= 15 is 0 Å². The molecule has 0 aromatic heterocycles. The summed E-state index contributed by atoms with van der Waals surface area (Å²) in [5, 5.41) is 5.95. The molecule has 0 saturated carbocycles. The predicted octanol–water partition coefficient (Wildman–Crippen LogP) is 3.28. The standard InChI is InChI=1S/C13H16N2S/c1-10(13-6-3-7-14-13)11-4-2-5-12(8-11)15-9-16/h2,4-5,8,10,13-14H,3,6-7H2,1H3. The van der Waals surface area contributed by atoms with Crippen molar-refractivity contribution in [2.75, 3.05) is 6.54 Å². The number of thiocarbonyl (C=S) groups is 1. The fourth-order valence-electron chi connectivity index (χ4n) is 2.30. The van der Waals surface area contributed by atoms with E-state index in [1.54, 1.807) is 0 Å². The van der Waals surface area contributed by atoms with Gasteiger partial charge in [-0.2, -0.15) is 4.99 Å². The quantitative estimate of drug-likeness (QED) is 0.639. The lowest BCUT2D eigenvalue weighted by Crippen LogP contribution is -2.27. The van der Waals surface area contributed by atoms with Crippen molar-refractivity contribution >= 4 is 23.1 Å². The molecular weight excluding hydrogens is 216 g/mol. The SMILES string of the molecule is CC(c1cccc(N=C=S)c1)C1CCCN1. The molecule has 1 aromatic carbocycles. The molecule has 2 rings (SSSR count). The second-order valence-electron chi connectivity index (χ2n) is 4.29. The molecule has 1 heterocycles. The first-order valence-electron chi connectivity index (χ1n) is 5.72. The minimum absolute atomic E-state index is 0.530. The fraction of sp³-hybridized carbons (Fsp3) is 0.462. The molecule has 1 aliphatic heterocycles. The van der Waals surface area contributed by atoms with E-state index in [1.165, 1.54) is 18.4 Å². The summed E-state index contributed by atoms with van der Waals surface area (Å²) in [6, 6.07) is 8.85. The molecule has 0 radical (unpaired) electrons. The lowest BCUT2D eigenvalue weighted by Gasteiger charge is -2.19. The van der Waals surface area contributed by atoms with E-state index < -0.39 is 0 Å². The Bertz CT molecular complexity index is 404. The van der Waals surface area contributed by atoms with Crippen LogP contribution >= 0.6 is 12.2 Å². The van der Waals surface area contributed by atoms with Crippen molar-refractivity contribution in [3.05, 3.63) is 29.8 Å². The van der Waals surface area contributed by atoms with Crippen LogP contribution in [-0.4, -0.2) is 17.7 Å². The number of nitrogens with zero attached hydrogens (tertiary/aromatic N) is 1. The third kappa shape index (κ3) is 2.56. The average molecular weight is 232 g/mol. The Hall–Kier alpha value is -1.02. The summed E-state index contributed by atoms with van der Waals surface area (Å²) in [5.41, 5.74) is 2.23. The number of rotatable bonds is 3. The van der Waals surface area contributed by atoms with Gasteiger partial charge in [-0.25, -0.2) is 0 Å². The maximum Gasteiger partial charge on any atom is 0.0742 e. The largest absolute Gasteiger partial charge is 0.313 e. The molecule has 2 atom stereocenters. The molecule has 1 fully saturated rings. The van der Waals surface area contributed by atoms with Gasteiger partial charge in [0.15, 0.2) is 0 Å². The summed E-state index contributed by atoms with van der Waals surface area (Å²) in [5.74, 6) is 0.530. The molecule has 84 valence electrons. The van der Waals surface area contributed by atoms with E-state index in [0.717, 1.165) is 12.2 Å². The summed E-state index contributed by atoms with van der Waals surface area (Å²) in [6.07, 6.45) is 2.55. The highest BCUT2D eigenvalue weighted by molar-refractivity contribution is 7.78. The molecule has 0 amide bonds. The Kier molecular flexibility index (Phi) is 3.83. The molecule has 1 aliphatic rings. The van der Waals surface area contributed by atoms with Gasteiger partial charge in [0.25, 0.3) is 0 Å². The Morgan fingerprint density at radius 2 is 2.44 bits per heavy atom. The van der Waals surface area contributed by atoms with Crippen molar-refractivity contribution in [1.82, 2.24) is 5.32 Å². The van der Waals surface area contributed by atoms with Crippen molar-refractivity contribution in [1.29, 1.82) is 0 Å². The van der Waals surface area contributed by atoms with Crippen molar-refractivity contribution in [2.24, 2.45) is 4.99 Å². The van der Waals surface area contributed by atoms with Crippen LogP contribution in [0.2, 0.25) is 0 Å². The first-order chi connectivity index (χ1) is 7.81. The lowest BCUT2D eigenvalue weighted by molar-refractivity contribution is 0.518. The van der Waals surface area contributed by atoms with Gasteiger partial charge in [-0.15, -0.1) is 0 Å². The molecule has 0 bridgehead atoms. The number of isothiocyanates is 1. The minimum atomic E-state index is 0.530. The van der Waals surface area contributed by atoms with Gasteiger partial charge in [-0.1, -0.05) is 19.1 Å². The van der Waals surface area contributed by atoms with E-state index in [2.05, 4.69) is 46.7 Å². The van der Waals surface area contributed by atoms with Gasteiger partial charge in [-0.05, 0) is 55.2 Å². The molecule has 3 heteroatoms. The zero-order valence-corrected chi connectivity index (χ0v) is 10.3. The zero-order chi connectivity index (χ0) is 11.4. The van der Waals surface area contributed by atoms with Gasteiger partial charge in [-0.3, -0.25) is 0 Å². The molecule has 2 nitrogen and oxygen atoms in total. The highest BCUT2D eigenvalue weighted by Crippen LogP contribution is 2.27. The van der Waals surface area contributed by atoms with Crippen molar-refractivity contribution in [3.63, 3.8) is 0 Å². The van der Waals surface area contributed by atoms with E-state index in [9.17, 15) is 0 Å². The molecular formula is C13H16N2S. The van der Waals surface area contributed by atoms with Gasteiger partial charge < -0.3 is 5.32 Å². The number of benzene rings is 1. The average Bonchev–Trinajstić information content (AvgIpc) is 2.82. The highest BCUT2D eigenvalue weighted by atomic mass is 32.1. The van der Waals surface area contributed by atoms with Crippen LogP contribution in [-0.2, 0) is 0 Å².